The molecule has 1 aliphatic rings. The Morgan fingerprint density at radius 2 is 1.88 bits per heavy atom. The van der Waals surface area contributed by atoms with Gasteiger partial charge in [0.25, 0.3) is 0 Å². The molecule has 0 spiro atoms. The van der Waals surface area contributed by atoms with Crippen LogP contribution in [0.2, 0.25) is 0 Å². The summed E-state index contributed by atoms with van der Waals surface area (Å²) in [6, 6.07) is 14.4. The van der Waals surface area contributed by atoms with Crippen molar-refractivity contribution in [2.45, 2.75) is 19.1 Å². The predicted octanol–water partition coefficient (Wildman–Crippen LogP) is 2.30. The van der Waals surface area contributed by atoms with Crippen molar-refractivity contribution >= 4 is 0 Å². The Labute approximate surface area is 147 Å². The lowest BCUT2D eigenvalue weighted by atomic mass is 9.97. The van der Waals surface area contributed by atoms with E-state index >= 15 is 0 Å². The standard InChI is InChI=1S/C20H22N4O/c25-20-15-23(14-18(20)11-16-5-8-21-9-6-16)13-17-3-1-4-19(12-17)24-10-2-7-22-24/h1-10,12,18,20,25H,11,13-15H2/t18-,20-/m1/s1. The van der Waals surface area contributed by atoms with E-state index in [4.69, 9.17) is 0 Å². The fraction of sp³-hybridized carbons (Fsp3) is 0.300. The van der Waals surface area contributed by atoms with Crippen LogP contribution >= 0.6 is 0 Å². The smallest absolute Gasteiger partial charge is 0.0710 e. The molecule has 5 heteroatoms. The van der Waals surface area contributed by atoms with E-state index in [0.29, 0.717) is 0 Å². The molecule has 1 aliphatic heterocycles. The average Bonchev–Trinajstić information content (AvgIpc) is 3.27. The van der Waals surface area contributed by atoms with Crippen LogP contribution in [0.15, 0.2) is 67.3 Å². The molecule has 4 rings (SSSR count). The molecule has 0 amide bonds. The molecule has 1 aromatic carbocycles. The van der Waals surface area contributed by atoms with Crippen LogP contribution in [0, 0.1) is 5.92 Å². The van der Waals surface area contributed by atoms with E-state index in [1.165, 1.54) is 11.1 Å². The second kappa shape index (κ2) is 7.17. The van der Waals surface area contributed by atoms with Gasteiger partial charge in [0, 0.05) is 50.3 Å². The first-order chi connectivity index (χ1) is 12.3. The molecule has 0 unspecified atom stereocenters. The third-order valence-electron chi connectivity index (χ3n) is 4.82. The number of hydrogen-bond donors (Lipinski definition) is 1. The Hall–Kier alpha value is -2.50. The highest BCUT2D eigenvalue weighted by Crippen LogP contribution is 2.23. The summed E-state index contributed by atoms with van der Waals surface area (Å²) in [5.41, 5.74) is 3.54. The minimum Gasteiger partial charge on any atom is -0.391 e. The summed E-state index contributed by atoms with van der Waals surface area (Å²) < 4.78 is 1.87. The summed E-state index contributed by atoms with van der Waals surface area (Å²) in [4.78, 5) is 6.39. The number of nitrogens with zero attached hydrogens (tertiary/aromatic N) is 4. The zero-order valence-electron chi connectivity index (χ0n) is 14.1. The third kappa shape index (κ3) is 3.78. The van der Waals surface area contributed by atoms with Gasteiger partial charge in [-0.25, -0.2) is 4.68 Å². The van der Waals surface area contributed by atoms with Crippen molar-refractivity contribution in [3.05, 3.63) is 78.4 Å². The summed E-state index contributed by atoms with van der Waals surface area (Å²) in [5.74, 6) is 0.275. The van der Waals surface area contributed by atoms with Gasteiger partial charge in [-0.3, -0.25) is 9.88 Å². The van der Waals surface area contributed by atoms with Crippen LogP contribution in [0.1, 0.15) is 11.1 Å². The monoisotopic (exact) mass is 334 g/mol. The molecular weight excluding hydrogens is 312 g/mol. The molecule has 2 aromatic heterocycles. The molecule has 1 N–H and O–H groups in total. The van der Waals surface area contributed by atoms with Gasteiger partial charge in [0.15, 0.2) is 0 Å². The van der Waals surface area contributed by atoms with Gasteiger partial charge in [0.05, 0.1) is 11.8 Å². The van der Waals surface area contributed by atoms with Crippen molar-refractivity contribution in [1.29, 1.82) is 0 Å². The quantitative estimate of drug-likeness (QED) is 0.778. The number of aromatic nitrogens is 3. The van der Waals surface area contributed by atoms with Crippen molar-refractivity contribution in [2.75, 3.05) is 13.1 Å². The van der Waals surface area contributed by atoms with Gasteiger partial charge < -0.3 is 5.11 Å². The van der Waals surface area contributed by atoms with Crippen LogP contribution in [0.3, 0.4) is 0 Å². The normalized spacial score (nSPS) is 20.8. The van der Waals surface area contributed by atoms with E-state index in [0.717, 1.165) is 31.7 Å². The van der Waals surface area contributed by atoms with Gasteiger partial charge in [-0.1, -0.05) is 12.1 Å². The maximum absolute atomic E-state index is 10.4. The number of rotatable bonds is 5. The summed E-state index contributed by atoms with van der Waals surface area (Å²) in [5, 5.41) is 14.7. The number of aliphatic hydroxyl groups excluding tert-OH is 1. The molecule has 3 heterocycles. The highest BCUT2D eigenvalue weighted by molar-refractivity contribution is 5.35. The molecule has 128 valence electrons. The Balaban J connectivity index is 1.41. The highest BCUT2D eigenvalue weighted by atomic mass is 16.3. The van der Waals surface area contributed by atoms with Crippen LogP contribution in [0.25, 0.3) is 5.69 Å². The van der Waals surface area contributed by atoms with Gasteiger partial charge >= 0.3 is 0 Å². The Kier molecular flexibility index (Phi) is 4.59. The molecule has 5 nitrogen and oxygen atoms in total. The first-order valence-electron chi connectivity index (χ1n) is 8.66. The molecule has 25 heavy (non-hydrogen) atoms. The van der Waals surface area contributed by atoms with Crippen LogP contribution in [-0.4, -0.2) is 44.0 Å². The summed E-state index contributed by atoms with van der Waals surface area (Å²) >= 11 is 0. The summed E-state index contributed by atoms with van der Waals surface area (Å²) in [6.45, 7) is 2.48. The number of β-amino-alcohol motifs (C(OH)–C–C–N with tert-alkyl or cyclic N) is 1. The number of hydrogen-bond acceptors (Lipinski definition) is 4. The van der Waals surface area contributed by atoms with Gasteiger partial charge in [0.2, 0.25) is 0 Å². The maximum atomic E-state index is 10.4. The van der Waals surface area contributed by atoms with E-state index < -0.39 is 0 Å². The van der Waals surface area contributed by atoms with Crippen molar-refractivity contribution in [2.24, 2.45) is 5.92 Å². The van der Waals surface area contributed by atoms with Crippen molar-refractivity contribution in [1.82, 2.24) is 19.7 Å². The van der Waals surface area contributed by atoms with Crippen LogP contribution < -0.4 is 0 Å². The number of pyridine rings is 1. The summed E-state index contributed by atoms with van der Waals surface area (Å²) in [7, 11) is 0. The molecule has 0 radical (unpaired) electrons. The topological polar surface area (TPSA) is 54.2 Å². The van der Waals surface area contributed by atoms with Gasteiger partial charge in [-0.15, -0.1) is 0 Å². The minimum absolute atomic E-state index is 0.275. The molecule has 0 aliphatic carbocycles. The molecular formula is C20H22N4O. The van der Waals surface area contributed by atoms with E-state index in [2.05, 4.69) is 39.2 Å². The van der Waals surface area contributed by atoms with Crippen molar-refractivity contribution < 1.29 is 5.11 Å². The molecule has 2 atom stereocenters. The van der Waals surface area contributed by atoms with Crippen LogP contribution in [-0.2, 0) is 13.0 Å². The number of benzene rings is 1. The Morgan fingerprint density at radius 1 is 1.00 bits per heavy atom. The van der Waals surface area contributed by atoms with Gasteiger partial charge in [0.1, 0.15) is 0 Å². The largest absolute Gasteiger partial charge is 0.391 e. The van der Waals surface area contributed by atoms with Crippen LogP contribution in [0.5, 0.6) is 0 Å². The van der Waals surface area contributed by atoms with Crippen molar-refractivity contribution in [3.63, 3.8) is 0 Å². The van der Waals surface area contributed by atoms with E-state index in [-0.39, 0.29) is 12.0 Å². The second-order valence-electron chi connectivity index (χ2n) is 6.70. The average molecular weight is 334 g/mol. The first kappa shape index (κ1) is 16.0. The zero-order valence-corrected chi connectivity index (χ0v) is 14.1. The number of likely N-dealkylation sites (tertiary alicyclic amines) is 1. The minimum atomic E-state index is -0.275. The maximum Gasteiger partial charge on any atom is 0.0710 e. The van der Waals surface area contributed by atoms with E-state index in [1.54, 1.807) is 6.20 Å². The predicted molar refractivity (Wildman–Crippen MR) is 96.3 cm³/mol. The Bertz CT molecular complexity index is 804. The lowest BCUT2D eigenvalue weighted by molar-refractivity contribution is 0.141. The fourth-order valence-corrected chi connectivity index (χ4v) is 3.57. The van der Waals surface area contributed by atoms with E-state index in [1.807, 2.05) is 41.5 Å². The third-order valence-corrected chi connectivity index (χ3v) is 4.82. The van der Waals surface area contributed by atoms with Crippen LogP contribution in [0.4, 0.5) is 0 Å². The Morgan fingerprint density at radius 3 is 2.68 bits per heavy atom. The number of aliphatic hydroxyl groups is 1. The second-order valence-corrected chi connectivity index (χ2v) is 6.70. The first-order valence-corrected chi connectivity index (χ1v) is 8.66. The molecule has 1 fully saturated rings. The summed E-state index contributed by atoms with van der Waals surface area (Å²) in [6.07, 6.45) is 7.98. The molecule has 1 saturated heterocycles. The van der Waals surface area contributed by atoms with E-state index in [9.17, 15) is 5.11 Å². The van der Waals surface area contributed by atoms with Crippen molar-refractivity contribution in [3.8, 4) is 5.69 Å². The molecule has 0 bridgehead atoms. The van der Waals surface area contributed by atoms with Gasteiger partial charge in [-0.2, -0.15) is 5.10 Å². The lowest BCUT2D eigenvalue weighted by Crippen LogP contribution is -2.21. The molecule has 0 saturated carbocycles. The fourth-order valence-electron chi connectivity index (χ4n) is 3.57. The van der Waals surface area contributed by atoms with Gasteiger partial charge in [-0.05, 0) is 47.9 Å². The SMILES string of the molecule is O[C@@H]1CN(Cc2cccc(-n3cccn3)c2)C[C@H]1Cc1ccncc1. The highest BCUT2D eigenvalue weighted by Gasteiger charge is 2.31. The lowest BCUT2D eigenvalue weighted by Gasteiger charge is -2.16. The zero-order chi connectivity index (χ0) is 17.1. The molecule has 3 aromatic rings.